The Morgan fingerprint density at radius 1 is 1.15 bits per heavy atom. The lowest BCUT2D eigenvalue weighted by Gasteiger charge is -2.09. The molecule has 106 valence electrons. The highest BCUT2D eigenvalue weighted by Gasteiger charge is 2.03. The Kier molecular flexibility index (Phi) is 6.25. The lowest BCUT2D eigenvalue weighted by atomic mass is 10.2. The number of hydrogen-bond donors (Lipinski definition) is 1. The molecule has 0 saturated heterocycles. The first-order valence-corrected chi connectivity index (χ1v) is 7.89. The second kappa shape index (κ2) is 8.20. The normalized spacial score (nSPS) is 10.5. The van der Waals surface area contributed by atoms with Gasteiger partial charge in [0.1, 0.15) is 5.75 Å². The van der Waals surface area contributed by atoms with Crippen LogP contribution in [0, 0.1) is 0 Å². The van der Waals surface area contributed by atoms with E-state index in [1.807, 2.05) is 43.4 Å². The average Bonchev–Trinajstić information content (AvgIpc) is 2.47. The second-order valence-corrected chi connectivity index (χ2v) is 5.88. The molecule has 2 aromatic carbocycles. The summed E-state index contributed by atoms with van der Waals surface area (Å²) in [5.74, 6) is 1.65. The maximum Gasteiger partial charge on any atom is 0.137 e. The molecular weight excluding hydrogens is 290 g/mol. The summed E-state index contributed by atoms with van der Waals surface area (Å²) >= 11 is 7.98. The zero-order valence-electron chi connectivity index (χ0n) is 11.4. The van der Waals surface area contributed by atoms with Gasteiger partial charge in [-0.1, -0.05) is 35.9 Å². The van der Waals surface area contributed by atoms with Crippen molar-refractivity contribution in [1.82, 2.24) is 5.32 Å². The van der Waals surface area contributed by atoms with Gasteiger partial charge in [0, 0.05) is 17.2 Å². The van der Waals surface area contributed by atoms with E-state index in [4.69, 9.17) is 16.3 Å². The zero-order chi connectivity index (χ0) is 14.2. The molecule has 0 atom stereocenters. The molecule has 1 N–H and O–H groups in total. The van der Waals surface area contributed by atoms with Crippen molar-refractivity contribution in [2.45, 2.75) is 11.4 Å². The topological polar surface area (TPSA) is 21.3 Å². The first-order valence-electron chi connectivity index (χ1n) is 6.53. The quantitative estimate of drug-likeness (QED) is 0.611. The van der Waals surface area contributed by atoms with Crippen LogP contribution in [0.1, 0.15) is 5.56 Å². The van der Waals surface area contributed by atoms with Gasteiger partial charge in [-0.05, 0) is 36.9 Å². The second-order valence-electron chi connectivity index (χ2n) is 4.31. The molecule has 4 heteroatoms. The third kappa shape index (κ3) is 4.75. The molecular formula is C16H18ClNOS. The fraction of sp³-hybridized carbons (Fsp3) is 0.250. The fourth-order valence-corrected chi connectivity index (χ4v) is 2.81. The van der Waals surface area contributed by atoms with Crippen molar-refractivity contribution in [1.29, 1.82) is 0 Å². The van der Waals surface area contributed by atoms with E-state index in [1.54, 1.807) is 11.8 Å². The third-order valence-corrected chi connectivity index (χ3v) is 4.00. The van der Waals surface area contributed by atoms with Crippen molar-refractivity contribution in [3.05, 3.63) is 59.1 Å². The van der Waals surface area contributed by atoms with Gasteiger partial charge < -0.3 is 10.1 Å². The van der Waals surface area contributed by atoms with Gasteiger partial charge in [0.15, 0.2) is 0 Å². The standard InChI is InChI=1S/C16H18ClNOS/c1-18-12-13-7-8-16(15(17)11-13)19-9-10-20-14-5-3-2-4-6-14/h2-8,11,18H,9-10,12H2,1H3. The van der Waals surface area contributed by atoms with E-state index in [1.165, 1.54) is 4.90 Å². The maximum absolute atomic E-state index is 6.20. The number of halogens is 1. The number of benzene rings is 2. The molecule has 0 aliphatic rings. The van der Waals surface area contributed by atoms with Crippen molar-refractivity contribution >= 4 is 23.4 Å². The number of rotatable bonds is 7. The minimum absolute atomic E-state index is 0.644. The maximum atomic E-state index is 6.20. The third-order valence-electron chi connectivity index (χ3n) is 2.73. The van der Waals surface area contributed by atoms with Crippen LogP contribution in [0.15, 0.2) is 53.4 Å². The summed E-state index contributed by atoms with van der Waals surface area (Å²) in [6.07, 6.45) is 0. The summed E-state index contributed by atoms with van der Waals surface area (Å²) in [4.78, 5) is 1.26. The van der Waals surface area contributed by atoms with Crippen LogP contribution in [0.25, 0.3) is 0 Å². The molecule has 0 saturated carbocycles. The van der Waals surface area contributed by atoms with Crippen molar-refractivity contribution in [2.24, 2.45) is 0 Å². The van der Waals surface area contributed by atoms with Crippen LogP contribution in [0.2, 0.25) is 5.02 Å². The highest BCUT2D eigenvalue weighted by Crippen LogP contribution is 2.26. The first-order chi connectivity index (χ1) is 9.79. The van der Waals surface area contributed by atoms with E-state index >= 15 is 0 Å². The van der Waals surface area contributed by atoms with Crippen LogP contribution in [0.3, 0.4) is 0 Å². The number of hydrogen-bond acceptors (Lipinski definition) is 3. The minimum atomic E-state index is 0.644. The molecule has 20 heavy (non-hydrogen) atoms. The van der Waals surface area contributed by atoms with E-state index < -0.39 is 0 Å². The highest BCUT2D eigenvalue weighted by molar-refractivity contribution is 7.99. The molecule has 2 rings (SSSR count). The molecule has 0 bridgehead atoms. The van der Waals surface area contributed by atoms with Gasteiger partial charge >= 0.3 is 0 Å². The molecule has 0 aromatic heterocycles. The highest BCUT2D eigenvalue weighted by atomic mass is 35.5. The molecule has 2 nitrogen and oxygen atoms in total. The molecule has 0 radical (unpaired) electrons. The average molecular weight is 308 g/mol. The van der Waals surface area contributed by atoms with E-state index in [-0.39, 0.29) is 0 Å². The van der Waals surface area contributed by atoms with Crippen LogP contribution in [0.4, 0.5) is 0 Å². The van der Waals surface area contributed by atoms with Crippen LogP contribution < -0.4 is 10.1 Å². The van der Waals surface area contributed by atoms with Gasteiger partial charge in [-0.2, -0.15) is 0 Å². The summed E-state index contributed by atoms with van der Waals surface area (Å²) < 4.78 is 5.72. The first kappa shape index (κ1) is 15.2. The van der Waals surface area contributed by atoms with Gasteiger partial charge in [-0.3, -0.25) is 0 Å². The minimum Gasteiger partial charge on any atom is -0.491 e. The smallest absolute Gasteiger partial charge is 0.137 e. The van der Waals surface area contributed by atoms with Crippen molar-refractivity contribution in [2.75, 3.05) is 19.4 Å². The Morgan fingerprint density at radius 2 is 1.95 bits per heavy atom. The van der Waals surface area contributed by atoms with Crippen molar-refractivity contribution < 1.29 is 4.74 Å². The number of ether oxygens (including phenoxy) is 1. The van der Waals surface area contributed by atoms with Gasteiger partial charge in [-0.15, -0.1) is 11.8 Å². The summed E-state index contributed by atoms with van der Waals surface area (Å²) in [5.41, 5.74) is 1.16. The van der Waals surface area contributed by atoms with Crippen LogP contribution in [0.5, 0.6) is 5.75 Å². The van der Waals surface area contributed by atoms with Crippen molar-refractivity contribution in [3.63, 3.8) is 0 Å². The summed E-state index contributed by atoms with van der Waals surface area (Å²) in [6.45, 7) is 1.45. The molecule has 0 aliphatic carbocycles. The summed E-state index contributed by atoms with van der Waals surface area (Å²) in [5, 5.41) is 3.77. The van der Waals surface area contributed by atoms with Gasteiger partial charge in [-0.25, -0.2) is 0 Å². The predicted molar refractivity (Wildman–Crippen MR) is 86.9 cm³/mol. The molecule has 0 aliphatic heterocycles. The fourth-order valence-electron chi connectivity index (χ4n) is 1.80. The Balaban J connectivity index is 1.79. The van der Waals surface area contributed by atoms with Crippen LogP contribution in [-0.2, 0) is 6.54 Å². The van der Waals surface area contributed by atoms with Crippen LogP contribution in [-0.4, -0.2) is 19.4 Å². The molecule has 2 aromatic rings. The van der Waals surface area contributed by atoms with Crippen molar-refractivity contribution in [3.8, 4) is 5.75 Å². The van der Waals surface area contributed by atoms with Gasteiger partial charge in [0.05, 0.1) is 11.6 Å². The van der Waals surface area contributed by atoms with E-state index in [0.29, 0.717) is 11.6 Å². The van der Waals surface area contributed by atoms with E-state index in [2.05, 4.69) is 17.4 Å². The Hall–Kier alpha value is -1.16. The molecule has 0 unspecified atom stereocenters. The summed E-state index contributed by atoms with van der Waals surface area (Å²) in [6, 6.07) is 16.2. The Morgan fingerprint density at radius 3 is 2.65 bits per heavy atom. The monoisotopic (exact) mass is 307 g/mol. The van der Waals surface area contributed by atoms with Gasteiger partial charge in [0.2, 0.25) is 0 Å². The summed E-state index contributed by atoms with van der Waals surface area (Å²) in [7, 11) is 1.92. The Labute approximate surface area is 129 Å². The van der Waals surface area contributed by atoms with E-state index in [9.17, 15) is 0 Å². The molecule has 0 heterocycles. The molecule has 0 spiro atoms. The lowest BCUT2D eigenvalue weighted by molar-refractivity contribution is 0.344. The zero-order valence-corrected chi connectivity index (χ0v) is 13.0. The number of thioether (sulfide) groups is 1. The largest absolute Gasteiger partial charge is 0.491 e. The van der Waals surface area contributed by atoms with E-state index in [0.717, 1.165) is 23.6 Å². The molecule has 0 fully saturated rings. The SMILES string of the molecule is CNCc1ccc(OCCSc2ccccc2)c(Cl)c1. The van der Waals surface area contributed by atoms with Gasteiger partial charge in [0.25, 0.3) is 0 Å². The molecule has 0 amide bonds. The predicted octanol–water partition coefficient (Wildman–Crippen LogP) is 4.23. The van der Waals surface area contributed by atoms with Crippen LogP contribution >= 0.6 is 23.4 Å². The lowest BCUT2D eigenvalue weighted by Crippen LogP contribution is -2.05. The Bertz CT molecular complexity index is 533. The number of nitrogens with one attached hydrogen (secondary N) is 1.